The molecule has 0 unspecified atom stereocenters. The molecule has 1 N–H and O–H groups in total. The fourth-order valence-corrected chi connectivity index (χ4v) is 1.85. The molecule has 0 spiro atoms. The molecule has 1 aliphatic heterocycles. The minimum absolute atomic E-state index is 0. The van der Waals surface area contributed by atoms with Crippen molar-refractivity contribution in [1.82, 2.24) is 9.88 Å². The number of nitrogens with zero attached hydrogens (tertiary/aromatic N) is 2. The van der Waals surface area contributed by atoms with Gasteiger partial charge in [0.2, 0.25) is 0 Å². The van der Waals surface area contributed by atoms with E-state index in [9.17, 15) is 9.59 Å². The van der Waals surface area contributed by atoms with Gasteiger partial charge in [-0.25, -0.2) is 14.6 Å². The molecule has 0 atom stereocenters. The molecule has 0 bridgehead atoms. The number of amides is 1. The zero-order valence-electron chi connectivity index (χ0n) is 12.1. The first kappa shape index (κ1) is 16.5. The topological polar surface area (TPSA) is 79.7 Å². The summed E-state index contributed by atoms with van der Waals surface area (Å²) in [5.41, 5.74) is 1.11. The number of pyridine rings is 1. The summed E-state index contributed by atoms with van der Waals surface area (Å²) in [7, 11) is 0. The van der Waals surface area contributed by atoms with Crippen molar-refractivity contribution < 1.29 is 19.4 Å². The number of ether oxygens (including phenoxy) is 1. The Kier molecular flexibility index (Phi) is 4.84. The SMILES string of the molecule is CC(C)(C)OC(=O)N1Cc2cnc(C(=O)O)cc2C1.[Li]. The fourth-order valence-electron chi connectivity index (χ4n) is 1.85. The summed E-state index contributed by atoms with van der Waals surface area (Å²) in [5, 5.41) is 8.88. The van der Waals surface area contributed by atoms with E-state index in [0.29, 0.717) is 13.1 Å². The van der Waals surface area contributed by atoms with Gasteiger partial charge < -0.3 is 9.84 Å². The van der Waals surface area contributed by atoms with E-state index in [1.165, 1.54) is 17.2 Å². The number of carbonyl (C=O) groups is 2. The van der Waals surface area contributed by atoms with Gasteiger partial charge in [0.05, 0.1) is 6.54 Å². The number of aromatic carboxylic acids is 1. The summed E-state index contributed by atoms with van der Waals surface area (Å²) in [6.07, 6.45) is 1.10. The number of rotatable bonds is 1. The van der Waals surface area contributed by atoms with Crippen LogP contribution in [0, 0.1) is 0 Å². The summed E-state index contributed by atoms with van der Waals surface area (Å²) in [5.74, 6) is -1.07. The Morgan fingerprint density at radius 3 is 2.45 bits per heavy atom. The Morgan fingerprint density at radius 1 is 1.30 bits per heavy atom. The van der Waals surface area contributed by atoms with Crippen LogP contribution < -0.4 is 0 Å². The van der Waals surface area contributed by atoms with Gasteiger partial charge in [0.25, 0.3) is 0 Å². The van der Waals surface area contributed by atoms with Crippen molar-refractivity contribution in [2.24, 2.45) is 0 Å². The standard InChI is InChI=1S/C13H16N2O4.Li/c1-13(2,3)19-12(18)15-6-8-4-10(11(16)17)14-5-9(8)7-15;/h4-5H,6-7H2,1-3H3,(H,16,17);. The van der Waals surface area contributed by atoms with E-state index in [0.717, 1.165) is 11.1 Å². The van der Waals surface area contributed by atoms with E-state index in [1.807, 2.05) is 0 Å². The van der Waals surface area contributed by atoms with E-state index in [1.54, 1.807) is 20.8 Å². The Balaban J connectivity index is 0.00000200. The molecule has 2 rings (SSSR count). The maximum Gasteiger partial charge on any atom is 0.410 e. The van der Waals surface area contributed by atoms with Crippen molar-refractivity contribution in [2.75, 3.05) is 0 Å². The number of fused-ring (bicyclic) bond motifs is 1. The monoisotopic (exact) mass is 271 g/mol. The molecule has 1 radical (unpaired) electrons. The zero-order chi connectivity index (χ0) is 14.2. The molecule has 0 fully saturated rings. The number of carboxylic acid groups (broad SMARTS) is 1. The molecule has 1 aromatic rings. The van der Waals surface area contributed by atoms with Gasteiger partial charge in [0.15, 0.2) is 0 Å². The predicted octanol–water partition coefficient (Wildman–Crippen LogP) is 1.65. The van der Waals surface area contributed by atoms with E-state index in [4.69, 9.17) is 9.84 Å². The number of carbonyl (C=O) groups excluding carboxylic acids is 1. The molecular formula is C13H16LiN2O4. The van der Waals surface area contributed by atoms with Crippen LogP contribution in [0.1, 0.15) is 42.4 Å². The summed E-state index contributed by atoms with van der Waals surface area (Å²) in [6, 6.07) is 1.50. The van der Waals surface area contributed by atoms with Crippen LogP contribution in [-0.2, 0) is 17.8 Å². The Bertz CT molecular complexity index is 540. The molecule has 2 heterocycles. The van der Waals surface area contributed by atoms with Crippen molar-refractivity contribution in [1.29, 1.82) is 0 Å². The third kappa shape index (κ3) is 3.75. The molecule has 1 aliphatic rings. The minimum atomic E-state index is -1.07. The quantitative estimate of drug-likeness (QED) is 0.785. The van der Waals surface area contributed by atoms with Gasteiger partial charge in [-0.1, -0.05) is 0 Å². The second-order valence-corrected chi connectivity index (χ2v) is 5.48. The molecule has 103 valence electrons. The Hall–Kier alpha value is -1.51. The molecular weight excluding hydrogens is 255 g/mol. The minimum Gasteiger partial charge on any atom is -0.477 e. The molecule has 1 amide bonds. The maximum atomic E-state index is 11.9. The molecule has 6 nitrogen and oxygen atoms in total. The number of aromatic nitrogens is 1. The smallest absolute Gasteiger partial charge is 0.410 e. The summed E-state index contributed by atoms with van der Waals surface area (Å²) < 4.78 is 5.28. The van der Waals surface area contributed by atoms with Gasteiger partial charge in [-0.15, -0.1) is 0 Å². The van der Waals surface area contributed by atoms with Gasteiger partial charge >= 0.3 is 12.1 Å². The van der Waals surface area contributed by atoms with Crippen molar-refractivity contribution in [3.63, 3.8) is 0 Å². The van der Waals surface area contributed by atoms with Gasteiger partial charge in [-0.05, 0) is 38.0 Å². The van der Waals surface area contributed by atoms with Crippen LogP contribution in [0.4, 0.5) is 4.79 Å². The predicted molar refractivity (Wildman–Crippen MR) is 72.4 cm³/mol. The van der Waals surface area contributed by atoms with Crippen molar-refractivity contribution in [3.05, 3.63) is 29.1 Å². The van der Waals surface area contributed by atoms with Gasteiger partial charge in [-0.2, -0.15) is 0 Å². The van der Waals surface area contributed by atoms with E-state index in [2.05, 4.69) is 4.98 Å². The van der Waals surface area contributed by atoms with Crippen LogP contribution in [0.2, 0.25) is 0 Å². The average molecular weight is 271 g/mol. The molecule has 0 saturated carbocycles. The van der Waals surface area contributed by atoms with Gasteiger partial charge in [-0.3, -0.25) is 4.90 Å². The van der Waals surface area contributed by atoms with E-state index < -0.39 is 17.7 Å². The normalized spacial score (nSPS) is 13.4. The molecule has 1 aromatic heterocycles. The van der Waals surface area contributed by atoms with E-state index in [-0.39, 0.29) is 24.6 Å². The first-order valence-corrected chi connectivity index (χ1v) is 5.95. The Labute approximate surface area is 129 Å². The van der Waals surface area contributed by atoms with Crippen LogP contribution >= 0.6 is 0 Å². The first-order chi connectivity index (χ1) is 8.76. The molecule has 7 heteroatoms. The third-order valence-corrected chi connectivity index (χ3v) is 2.68. The van der Waals surface area contributed by atoms with Crippen LogP contribution in [-0.4, -0.2) is 51.5 Å². The van der Waals surface area contributed by atoms with Crippen LogP contribution in [0.25, 0.3) is 0 Å². The number of hydrogen-bond donors (Lipinski definition) is 1. The van der Waals surface area contributed by atoms with Crippen LogP contribution in [0.15, 0.2) is 12.3 Å². The molecule has 0 saturated heterocycles. The van der Waals surface area contributed by atoms with Crippen molar-refractivity contribution in [3.8, 4) is 0 Å². The largest absolute Gasteiger partial charge is 0.477 e. The zero-order valence-corrected chi connectivity index (χ0v) is 12.1. The molecule has 0 aromatic carbocycles. The third-order valence-electron chi connectivity index (χ3n) is 2.68. The summed E-state index contributed by atoms with van der Waals surface area (Å²) in [6.45, 7) is 6.17. The average Bonchev–Trinajstić information content (AvgIpc) is 2.68. The van der Waals surface area contributed by atoms with Gasteiger partial charge in [0, 0.05) is 31.6 Å². The Morgan fingerprint density at radius 2 is 1.90 bits per heavy atom. The van der Waals surface area contributed by atoms with Crippen molar-refractivity contribution in [2.45, 2.75) is 39.5 Å². The van der Waals surface area contributed by atoms with Crippen LogP contribution in [0.5, 0.6) is 0 Å². The maximum absolute atomic E-state index is 11.9. The second-order valence-electron chi connectivity index (χ2n) is 5.48. The van der Waals surface area contributed by atoms with Crippen LogP contribution in [0.3, 0.4) is 0 Å². The van der Waals surface area contributed by atoms with E-state index >= 15 is 0 Å². The second kappa shape index (κ2) is 5.86. The summed E-state index contributed by atoms with van der Waals surface area (Å²) >= 11 is 0. The van der Waals surface area contributed by atoms with Gasteiger partial charge in [0.1, 0.15) is 11.3 Å². The fraction of sp³-hybridized carbons (Fsp3) is 0.462. The summed E-state index contributed by atoms with van der Waals surface area (Å²) in [4.78, 5) is 28.1. The molecule has 20 heavy (non-hydrogen) atoms. The molecule has 0 aliphatic carbocycles. The first-order valence-electron chi connectivity index (χ1n) is 5.95. The van der Waals surface area contributed by atoms with Crippen molar-refractivity contribution >= 4 is 30.9 Å². The number of carboxylic acids is 1. The number of hydrogen-bond acceptors (Lipinski definition) is 4.